The highest BCUT2D eigenvalue weighted by Gasteiger charge is 2.35. The molecule has 1 aromatic carbocycles. The van der Waals surface area contributed by atoms with E-state index < -0.39 is 33.7 Å². The van der Waals surface area contributed by atoms with Crippen molar-refractivity contribution in [3.8, 4) is 0 Å². The Morgan fingerprint density at radius 3 is 2.55 bits per heavy atom. The predicted molar refractivity (Wildman–Crippen MR) is 73.6 cm³/mol. The zero-order valence-corrected chi connectivity index (χ0v) is 12.0. The molecule has 2 heterocycles. The third kappa shape index (κ3) is 2.59. The Labute approximate surface area is 125 Å². The fourth-order valence-electron chi connectivity index (χ4n) is 2.75. The minimum absolute atomic E-state index is 0.0519. The van der Waals surface area contributed by atoms with Crippen LogP contribution in [0.5, 0.6) is 0 Å². The van der Waals surface area contributed by atoms with E-state index in [4.69, 9.17) is 0 Å². The van der Waals surface area contributed by atoms with Gasteiger partial charge in [-0.2, -0.15) is 8.42 Å². The van der Waals surface area contributed by atoms with Crippen LogP contribution in [0, 0.1) is 5.92 Å². The summed E-state index contributed by atoms with van der Waals surface area (Å²) in [6.07, 6.45) is -0.0780. The summed E-state index contributed by atoms with van der Waals surface area (Å²) in [4.78, 5) is 36.3. The molecule has 22 heavy (non-hydrogen) atoms. The van der Waals surface area contributed by atoms with E-state index in [2.05, 4.69) is 5.32 Å². The maximum Gasteiger partial charge on any atom is 0.302 e. The number of hydrogen-bond donors (Lipinski definition) is 1. The summed E-state index contributed by atoms with van der Waals surface area (Å²) in [5.74, 6) is -2.74. The van der Waals surface area contributed by atoms with Gasteiger partial charge in [-0.05, 0) is 18.2 Å². The fourth-order valence-corrected chi connectivity index (χ4v) is 3.53. The Morgan fingerprint density at radius 2 is 1.86 bits per heavy atom. The quantitative estimate of drug-likeness (QED) is 0.633. The van der Waals surface area contributed by atoms with Gasteiger partial charge in [-0.1, -0.05) is 0 Å². The number of hydrogen-bond acceptors (Lipinski definition) is 5. The van der Waals surface area contributed by atoms with Crippen molar-refractivity contribution in [2.45, 2.75) is 6.42 Å². The van der Waals surface area contributed by atoms with Crippen LogP contribution in [-0.4, -0.2) is 38.4 Å². The van der Waals surface area contributed by atoms with Crippen molar-refractivity contribution in [2.75, 3.05) is 17.2 Å². The summed E-state index contributed by atoms with van der Waals surface area (Å²) in [6.45, 7) is 0.0519. The predicted octanol–water partition coefficient (Wildman–Crippen LogP) is 0.222. The first kappa shape index (κ1) is 14.6. The molecule has 1 aromatic rings. The average Bonchev–Trinajstić information content (AvgIpc) is 2.88. The highest BCUT2D eigenvalue weighted by Crippen LogP contribution is 2.29. The molecule has 116 valence electrons. The summed E-state index contributed by atoms with van der Waals surface area (Å²) in [5, 5.41) is 2.14. The normalized spacial score (nSPS) is 21.2. The summed E-state index contributed by atoms with van der Waals surface area (Å²) in [6, 6.07) is 4.33. The van der Waals surface area contributed by atoms with E-state index in [9.17, 15) is 26.7 Å². The highest BCUT2D eigenvalue weighted by molar-refractivity contribution is 7.86. The first-order valence-corrected chi connectivity index (χ1v) is 8.02. The van der Waals surface area contributed by atoms with Gasteiger partial charge in [-0.15, -0.1) is 3.89 Å². The number of amides is 3. The van der Waals surface area contributed by atoms with Crippen molar-refractivity contribution >= 4 is 33.6 Å². The molecule has 1 unspecified atom stereocenters. The van der Waals surface area contributed by atoms with Crippen LogP contribution in [0.25, 0.3) is 0 Å². The molecule has 1 N–H and O–H groups in total. The van der Waals surface area contributed by atoms with E-state index in [0.717, 1.165) is 0 Å². The van der Waals surface area contributed by atoms with E-state index in [1.807, 2.05) is 0 Å². The lowest BCUT2D eigenvalue weighted by atomic mass is 10.1. The Bertz CT molecular complexity index is 805. The van der Waals surface area contributed by atoms with Crippen molar-refractivity contribution in [1.82, 2.24) is 5.32 Å². The van der Waals surface area contributed by atoms with E-state index in [1.54, 1.807) is 0 Å². The summed E-state index contributed by atoms with van der Waals surface area (Å²) in [7, 11) is -4.65. The van der Waals surface area contributed by atoms with Crippen LogP contribution in [0.4, 0.5) is 9.57 Å². The number of nitrogens with one attached hydrogen (secondary N) is 1. The fraction of sp³-hybridized carbons (Fsp3) is 0.308. The highest BCUT2D eigenvalue weighted by atomic mass is 32.3. The number of halogens is 1. The summed E-state index contributed by atoms with van der Waals surface area (Å²) in [5.41, 5.74) is 0.771. The number of carbonyl (C=O) groups excluding carboxylic acids is 3. The number of fused-ring (bicyclic) bond motifs is 1. The van der Waals surface area contributed by atoms with Gasteiger partial charge in [-0.3, -0.25) is 19.7 Å². The minimum Gasteiger partial charge on any atom is -0.312 e. The molecule has 2 aliphatic heterocycles. The van der Waals surface area contributed by atoms with Gasteiger partial charge in [0.05, 0.1) is 16.9 Å². The van der Waals surface area contributed by atoms with Crippen LogP contribution in [0.1, 0.15) is 27.1 Å². The summed E-state index contributed by atoms with van der Waals surface area (Å²) < 4.78 is 34.1. The van der Waals surface area contributed by atoms with Gasteiger partial charge in [0.1, 0.15) is 0 Å². The number of carbonyl (C=O) groups is 3. The van der Waals surface area contributed by atoms with Gasteiger partial charge in [0.25, 0.3) is 11.8 Å². The zero-order valence-electron chi connectivity index (χ0n) is 11.2. The Kier molecular flexibility index (Phi) is 3.24. The molecule has 3 rings (SSSR count). The van der Waals surface area contributed by atoms with Crippen LogP contribution >= 0.6 is 0 Å². The average molecular weight is 326 g/mol. The minimum atomic E-state index is -4.65. The first-order valence-electron chi connectivity index (χ1n) is 6.47. The van der Waals surface area contributed by atoms with Crippen molar-refractivity contribution in [2.24, 2.45) is 5.92 Å². The third-order valence-electron chi connectivity index (χ3n) is 3.67. The Hall–Kier alpha value is -2.29. The molecule has 0 radical (unpaired) electrons. The second-order valence-electron chi connectivity index (χ2n) is 5.29. The molecule has 0 bridgehead atoms. The number of benzene rings is 1. The lowest BCUT2D eigenvalue weighted by molar-refractivity contribution is -0.117. The van der Waals surface area contributed by atoms with Gasteiger partial charge in [0, 0.05) is 24.6 Å². The Balaban J connectivity index is 1.87. The first-order chi connectivity index (χ1) is 10.2. The molecule has 2 aliphatic rings. The van der Waals surface area contributed by atoms with Crippen LogP contribution in [0.15, 0.2) is 18.2 Å². The molecule has 0 spiro atoms. The van der Waals surface area contributed by atoms with Crippen LogP contribution in [-0.2, 0) is 15.0 Å². The molecule has 9 heteroatoms. The van der Waals surface area contributed by atoms with Crippen molar-refractivity contribution in [3.05, 3.63) is 29.3 Å². The lowest BCUT2D eigenvalue weighted by Crippen LogP contribution is -2.25. The molecule has 1 fully saturated rings. The second kappa shape index (κ2) is 4.87. The molecular weight excluding hydrogens is 315 g/mol. The smallest absolute Gasteiger partial charge is 0.302 e. The number of nitrogens with zero attached hydrogens (tertiary/aromatic N) is 1. The lowest BCUT2D eigenvalue weighted by Gasteiger charge is -2.17. The largest absolute Gasteiger partial charge is 0.312 e. The topological polar surface area (TPSA) is 101 Å². The SMILES string of the molecule is O=C1NC(=O)c2cc(N3CC(CS(=O)(=O)F)CC3=O)ccc21. The zero-order chi connectivity index (χ0) is 16.1. The van der Waals surface area contributed by atoms with Gasteiger partial charge < -0.3 is 4.90 Å². The van der Waals surface area contributed by atoms with Crippen molar-refractivity contribution in [3.63, 3.8) is 0 Å². The van der Waals surface area contributed by atoms with Crippen LogP contribution < -0.4 is 10.2 Å². The summed E-state index contributed by atoms with van der Waals surface area (Å²) >= 11 is 0. The van der Waals surface area contributed by atoms with E-state index in [-0.39, 0.29) is 30.0 Å². The van der Waals surface area contributed by atoms with Crippen molar-refractivity contribution < 1.29 is 26.7 Å². The number of rotatable bonds is 3. The molecule has 0 aromatic heterocycles. The maximum absolute atomic E-state index is 12.7. The van der Waals surface area contributed by atoms with E-state index in [1.165, 1.54) is 23.1 Å². The molecule has 3 amide bonds. The monoisotopic (exact) mass is 326 g/mol. The van der Waals surface area contributed by atoms with Gasteiger partial charge >= 0.3 is 10.2 Å². The van der Waals surface area contributed by atoms with Gasteiger partial charge in [-0.25, -0.2) is 0 Å². The number of imide groups is 1. The molecule has 0 aliphatic carbocycles. The molecule has 0 saturated carbocycles. The van der Waals surface area contributed by atoms with Crippen LogP contribution in [0.3, 0.4) is 0 Å². The maximum atomic E-state index is 12.7. The van der Waals surface area contributed by atoms with Gasteiger partial charge in [0.15, 0.2) is 0 Å². The second-order valence-corrected chi connectivity index (χ2v) is 6.70. The standard InChI is InChI=1S/C13H11FN2O5S/c14-22(20,21)6-7-3-11(17)16(5-7)8-1-2-9-10(4-8)13(19)15-12(9)18/h1-2,4,7H,3,5-6H2,(H,15,18,19). The van der Waals surface area contributed by atoms with Crippen LogP contribution in [0.2, 0.25) is 0 Å². The van der Waals surface area contributed by atoms with Crippen molar-refractivity contribution in [1.29, 1.82) is 0 Å². The number of anilines is 1. The molecule has 1 saturated heterocycles. The van der Waals surface area contributed by atoms with E-state index >= 15 is 0 Å². The van der Waals surface area contributed by atoms with E-state index in [0.29, 0.717) is 5.69 Å². The Morgan fingerprint density at radius 1 is 1.18 bits per heavy atom. The van der Waals surface area contributed by atoms with Gasteiger partial charge in [0.2, 0.25) is 5.91 Å². The molecule has 7 nitrogen and oxygen atoms in total. The third-order valence-corrected chi connectivity index (χ3v) is 4.54. The molecular formula is C13H11FN2O5S. The molecule has 1 atom stereocenters.